The second-order valence-electron chi connectivity index (χ2n) is 7.04. The van der Waals surface area contributed by atoms with Gasteiger partial charge in [-0.1, -0.05) is 30.3 Å². The van der Waals surface area contributed by atoms with Gasteiger partial charge < -0.3 is 10.2 Å². The molecule has 144 valence electrons. The van der Waals surface area contributed by atoms with E-state index >= 15 is 0 Å². The minimum atomic E-state index is 0.0529. The van der Waals surface area contributed by atoms with Gasteiger partial charge in [0.15, 0.2) is 0 Å². The standard InChI is InChI=1S/C21H24N6O/c1-16-22-9-12-27(16)20-13-19(24-15-25-20)26-10-7-18(8-11-26)21(28)23-14-17-5-3-2-4-6-17/h2-6,9,12-13,15,18H,7-8,10-11,14H2,1H3,(H,23,28). The van der Waals surface area contributed by atoms with Crippen LogP contribution in [0.3, 0.4) is 0 Å². The number of anilines is 1. The Hall–Kier alpha value is -3.22. The fourth-order valence-electron chi connectivity index (χ4n) is 3.56. The first-order valence-electron chi connectivity index (χ1n) is 9.59. The molecule has 3 aromatic rings. The van der Waals surface area contributed by atoms with Crippen molar-refractivity contribution >= 4 is 11.7 Å². The average Bonchev–Trinajstić information content (AvgIpc) is 3.19. The maximum atomic E-state index is 12.5. The highest BCUT2D eigenvalue weighted by Crippen LogP contribution is 2.23. The van der Waals surface area contributed by atoms with Crippen LogP contribution >= 0.6 is 0 Å². The summed E-state index contributed by atoms with van der Waals surface area (Å²) in [5.41, 5.74) is 1.12. The lowest BCUT2D eigenvalue weighted by Crippen LogP contribution is -2.40. The lowest BCUT2D eigenvalue weighted by atomic mass is 9.96. The van der Waals surface area contributed by atoms with E-state index in [0.29, 0.717) is 6.54 Å². The minimum absolute atomic E-state index is 0.0529. The van der Waals surface area contributed by atoms with Crippen molar-refractivity contribution in [2.75, 3.05) is 18.0 Å². The highest BCUT2D eigenvalue weighted by atomic mass is 16.1. The zero-order valence-electron chi connectivity index (χ0n) is 16.0. The SMILES string of the molecule is Cc1nccn1-c1cc(N2CCC(C(=O)NCc3ccccc3)CC2)ncn1. The van der Waals surface area contributed by atoms with Crippen LogP contribution in [0.2, 0.25) is 0 Å². The quantitative estimate of drug-likeness (QED) is 0.740. The molecule has 1 aliphatic heterocycles. The van der Waals surface area contributed by atoms with Gasteiger partial charge in [0.1, 0.15) is 23.8 Å². The summed E-state index contributed by atoms with van der Waals surface area (Å²) in [5.74, 6) is 2.78. The number of amides is 1. The van der Waals surface area contributed by atoms with E-state index in [-0.39, 0.29) is 11.8 Å². The van der Waals surface area contributed by atoms with Crippen molar-refractivity contribution < 1.29 is 4.79 Å². The van der Waals surface area contributed by atoms with Crippen LogP contribution in [-0.2, 0) is 11.3 Å². The number of imidazole rings is 1. The number of hydrogen-bond donors (Lipinski definition) is 1. The molecule has 7 nitrogen and oxygen atoms in total. The van der Waals surface area contributed by atoms with Crippen molar-refractivity contribution in [1.29, 1.82) is 0 Å². The number of aromatic nitrogens is 4. The summed E-state index contributed by atoms with van der Waals surface area (Å²) >= 11 is 0. The van der Waals surface area contributed by atoms with E-state index in [0.717, 1.165) is 49.0 Å². The first-order chi connectivity index (χ1) is 13.7. The maximum Gasteiger partial charge on any atom is 0.223 e. The van der Waals surface area contributed by atoms with Crippen LogP contribution in [0.15, 0.2) is 55.1 Å². The van der Waals surface area contributed by atoms with Gasteiger partial charge in [0.25, 0.3) is 0 Å². The van der Waals surface area contributed by atoms with Crippen molar-refractivity contribution in [3.63, 3.8) is 0 Å². The molecule has 3 heterocycles. The van der Waals surface area contributed by atoms with Crippen LogP contribution in [0.1, 0.15) is 24.2 Å². The second kappa shape index (κ2) is 8.21. The number of benzene rings is 1. The molecule has 28 heavy (non-hydrogen) atoms. The number of hydrogen-bond acceptors (Lipinski definition) is 5. The summed E-state index contributed by atoms with van der Waals surface area (Å²) in [6, 6.07) is 12.0. The van der Waals surface area contributed by atoms with Gasteiger partial charge in [-0.3, -0.25) is 9.36 Å². The molecule has 1 amide bonds. The largest absolute Gasteiger partial charge is 0.356 e. The highest BCUT2D eigenvalue weighted by Gasteiger charge is 2.25. The van der Waals surface area contributed by atoms with E-state index < -0.39 is 0 Å². The third-order valence-corrected chi connectivity index (χ3v) is 5.21. The number of nitrogens with one attached hydrogen (secondary N) is 1. The zero-order chi connectivity index (χ0) is 19.3. The number of rotatable bonds is 5. The fraction of sp³-hybridized carbons (Fsp3) is 0.333. The topological polar surface area (TPSA) is 75.9 Å². The summed E-state index contributed by atoms with van der Waals surface area (Å²) in [6.45, 7) is 4.15. The molecule has 0 radical (unpaired) electrons. The van der Waals surface area contributed by atoms with Crippen LogP contribution in [0.4, 0.5) is 5.82 Å². The maximum absolute atomic E-state index is 12.5. The smallest absolute Gasteiger partial charge is 0.223 e. The van der Waals surface area contributed by atoms with Gasteiger partial charge in [0, 0.05) is 44.0 Å². The Balaban J connectivity index is 1.34. The molecule has 4 rings (SSSR count). The van der Waals surface area contributed by atoms with Crippen LogP contribution in [0.25, 0.3) is 5.82 Å². The second-order valence-corrected chi connectivity index (χ2v) is 7.04. The minimum Gasteiger partial charge on any atom is -0.356 e. The predicted octanol–water partition coefficient (Wildman–Crippen LogP) is 2.50. The zero-order valence-corrected chi connectivity index (χ0v) is 16.0. The van der Waals surface area contributed by atoms with Crippen LogP contribution in [-0.4, -0.2) is 38.5 Å². The molecule has 1 N–H and O–H groups in total. The summed E-state index contributed by atoms with van der Waals surface area (Å²) < 4.78 is 1.94. The molecule has 2 aromatic heterocycles. The molecule has 1 aromatic carbocycles. The number of carbonyl (C=O) groups is 1. The van der Waals surface area contributed by atoms with Gasteiger partial charge in [0.2, 0.25) is 5.91 Å². The van der Waals surface area contributed by atoms with Crippen molar-refractivity contribution in [3.8, 4) is 5.82 Å². The van der Waals surface area contributed by atoms with E-state index in [1.54, 1.807) is 12.5 Å². The fourth-order valence-corrected chi connectivity index (χ4v) is 3.56. The summed E-state index contributed by atoms with van der Waals surface area (Å²) in [6.07, 6.45) is 6.89. The third-order valence-electron chi connectivity index (χ3n) is 5.21. The average molecular weight is 376 g/mol. The molecule has 1 fully saturated rings. The van der Waals surface area contributed by atoms with Gasteiger partial charge in [0.05, 0.1) is 0 Å². The number of aryl methyl sites for hydroxylation is 1. The first-order valence-corrected chi connectivity index (χ1v) is 9.59. The van der Waals surface area contributed by atoms with Gasteiger partial charge in [-0.05, 0) is 25.3 Å². The molecule has 1 aliphatic rings. The third kappa shape index (κ3) is 4.03. The molecular weight excluding hydrogens is 352 g/mol. The molecule has 0 saturated carbocycles. The lowest BCUT2D eigenvalue weighted by Gasteiger charge is -2.32. The predicted molar refractivity (Wildman–Crippen MR) is 107 cm³/mol. The number of piperidine rings is 1. The van der Waals surface area contributed by atoms with E-state index in [1.807, 2.05) is 54.1 Å². The Labute approximate surface area is 164 Å². The molecule has 0 aliphatic carbocycles. The Kier molecular flexibility index (Phi) is 5.32. The van der Waals surface area contributed by atoms with E-state index in [1.165, 1.54) is 0 Å². The summed E-state index contributed by atoms with van der Waals surface area (Å²) in [4.78, 5) is 27.7. The molecule has 0 bridgehead atoms. The lowest BCUT2D eigenvalue weighted by molar-refractivity contribution is -0.125. The monoisotopic (exact) mass is 376 g/mol. The van der Waals surface area contributed by atoms with Crippen molar-refractivity contribution in [2.45, 2.75) is 26.3 Å². The van der Waals surface area contributed by atoms with Gasteiger partial charge in [-0.2, -0.15) is 0 Å². The molecule has 0 atom stereocenters. The van der Waals surface area contributed by atoms with E-state index in [4.69, 9.17) is 0 Å². The summed E-state index contributed by atoms with van der Waals surface area (Å²) in [7, 11) is 0. The molecule has 7 heteroatoms. The Morgan fingerprint density at radius 3 is 2.57 bits per heavy atom. The van der Waals surface area contributed by atoms with E-state index in [2.05, 4.69) is 25.2 Å². The first kappa shape index (κ1) is 18.2. The van der Waals surface area contributed by atoms with Crippen molar-refractivity contribution in [2.24, 2.45) is 5.92 Å². The van der Waals surface area contributed by atoms with Crippen LogP contribution in [0, 0.1) is 12.8 Å². The van der Waals surface area contributed by atoms with Crippen molar-refractivity contribution in [1.82, 2.24) is 24.8 Å². The Morgan fingerprint density at radius 1 is 1.11 bits per heavy atom. The molecule has 1 saturated heterocycles. The van der Waals surface area contributed by atoms with Crippen LogP contribution in [0.5, 0.6) is 0 Å². The van der Waals surface area contributed by atoms with Gasteiger partial charge >= 0.3 is 0 Å². The normalized spacial score (nSPS) is 14.8. The Bertz CT molecular complexity index is 931. The Morgan fingerprint density at radius 2 is 1.86 bits per heavy atom. The summed E-state index contributed by atoms with van der Waals surface area (Å²) in [5, 5.41) is 3.06. The number of nitrogens with zero attached hydrogens (tertiary/aromatic N) is 5. The molecule has 0 spiro atoms. The van der Waals surface area contributed by atoms with Gasteiger partial charge in [-0.25, -0.2) is 15.0 Å². The van der Waals surface area contributed by atoms with E-state index in [9.17, 15) is 4.79 Å². The number of carbonyl (C=O) groups excluding carboxylic acids is 1. The van der Waals surface area contributed by atoms with Crippen molar-refractivity contribution in [3.05, 3.63) is 66.5 Å². The van der Waals surface area contributed by atoms with Gasteiger partial charge in [-0.15, -0.1) is 0 Å². The molecule has 0 unspecified atom stereocenters. The van der Waals surface area contributed by atoms with Crippen LogP contribution < -0.4 is 10.2 Å². The highest BCUT2D eigenvalue weighted by molar-refractivity contribution is 5.79. The molecular formula is C21H24N6O.